The van der Waals surface area contributed by atoms with Crippen molar-refractivity contribution in [3.63, 3.8) is 0 Å². The monoisotopic (exact) mass is 194 g/mol. The molecule has 0 bridgehead atoms. The Labute approximate surface area is 82.3 Å². The average molecular weight is 194 g/mol. The lowest BCUT2D eigenvalue weighted by Gasteiger charge is -2.16. The van der Waals surface area contributed by atoms with Crippen LogP contribution in [0, 0.1) is 11.8 Å². The second kappa shape index (κ2) is 2.91. The molecule has 14 heavy (non-hydrogen) atoms. The molecule has 2 aliphatic heterocycles. The largest absolute Gasteiger partial charge is 0.339 e. The SMILES string of the molecule is Cn1nnnc1N1C[C@H]2CNC[C@H]2C1. The third kappa shape index (κ3) is 1.10. The van der Waals surface area contributed by atoms with Gasteiger partial charge in [0.15, 0.2) is 0 Å². The Morgan fingerprint density at radius 3 is 2.57 bits per heavy atom. The van der Waals surface area contributed by atoms with Gasteiger partial charge in [0.05, 0.1) is 0 Å². The zero-order valence-corrected chi connectivity index (χ0v) is 8.22. The van der Waals surface area contributed by atoms with Crippen molar-refractivity contribution in [2.75, 3.05) is 31.1 Å². The molecule has 6 nitrogen and oxygen atoms in total. The van der Waals surface area contributed by atoms with Gasteiger partial charge < -0.3 is 10.2 Å². The quantitative estimate of drug-likeness (QED) is 0.613. The summed E-state index contributed by atoms with van der Waals surface area (Å²) in [5.74, 6) is 2.47. The minimum absolute atomic E-state index is 0.784. The zero-order valence-electron chi connectivity index (χ0n) is 8.22. The molecule has 0 spiro atoms. The Bertz CT molecular complexity index is 322. The highest BCUT2D eigenvalue weighted by molar-refractivity contribution is 5.31. The van der Waals surface area contributed by atoms with Crippen molar-refractivity contribution in [2.24, 2.45) is 18.9 Å². The van der Waals surface area contributed by atoms with E-state index in [1.54, 1.807) is 4.68 Å². The van der Waals surface area contributed by atoms with Crippen LogP contribution >= 0.6 is 0 Å². The lowest BCUT2D eigenvalue weighted by molar-refractivity contribution is 0.533. The van der Waals surface area contributed by atoms with E-state index in [1.807, 2.05) is 7.05 Å². The van der Waals surface area contributed by atoms with Crippen molar-refractivity contribution < 1.29 is 0 Å². The molecule has 1 aromatic heterocycles. The number of aromatic nitrogens is 4. The summed E-state index contributed by atoms with van der Waals surface area (Å²) in [6, 6.07) is 0. The summed E-state index contributed by atoms with van der Waals surface area (Å²) in [5.41, 5.74) is 0. The molecule has 0 unspecified atom stereocenters. The maximum Gasteiger partial charge on any atom is 0.245 e. The van der Waals surface area contributed by atoms with Crippen molar-refractivity contribution >= 4 is 5.95 Å². The molecule has 0 radical (unpaired) electrons. The zero-order chi connectivity index (χ0) is 9.54. The number of hydrogen-bond donors (Lipinski definition) is 1. The lowest BCUT2D eigenvalue weighted by Crippen LogP contribution is -2.27. The van der Waals surface area contributed by atoms with E-state index in [-0.39, 0.29) is 0 Å². The summed E-state index contributed by atoms with van der Waals surface area (Å²) in [6.45, 7) is 4.47. The van der Waals surface area contributed by atoms with Crippen LogP contribution in [-0.2, 0) is 7.05 Å². The molecule has 2 fully saturated rings. The molecule has 0 amide bonds. The average Bonchev–Trinajstić information content (AvgIpc) is 2.75. The Morgan fingerprint density at radius 1 is 1.29 bits per heavy atom. The van der Waals surface area contributed by atoms with Crippen molar-refractivity contribution in [3.05, 3.63) is 0 Å². The molecule has 0 aromatic carbocycles. The second-order valence-corrected chi connectivity index (χ2v) is 4.19. The van der Waals surface area contributed by atoms with Crippen molar-refractivity contribution in [2.45, 2.75) is 0 Å². The molecule has 6 heteroatoms. The van der Waals surface area contributed by atoms with Gasteiger partial charge in [-0.3, -0.25) is 0 Å². The van der Waals surface area contributed by atoms with E-state index in [2.05, 4.69) is 25.7 Å². The van der Waals surface area contributed by atoms with Crippen LogP contribution in [0.2, 0.25) is 0 Å². The lowest BCUT2D eigenvalue weighted by atomic mass is 10.0. The molecule has 0 saturated carbocycles. The molecule has 3 heterocycles. The molecule has 3 rings (SSSR count). The summed E-state index contributed by atoms with van der Waals surface area (Å²) in [7, 11) is 1.89. The van der Waals surface area contributed by atoms with E-state index in [4.69, 9.17) is 0 Å². The highest BCUT2D eigenvalue weighted by atomic mass is 15.6. The fourth-order valence-electron chi connectivity index (χ4n) is 2.51. The van der Waals surface area contributed by atoms with Crippen LogP contribution in [0.25, 0.3) is 0 Å². The molecular formula is C8H14N6. The van der Waals surface area contributed by atoms with Gasteiger partial charge in [0.25, 0.3) is 0 Å². The highest BCUT2D eigenvalue weighted by Crippen LogP contribution is 2.28. The summed E-state index contributed by atoms with van der Waals surface area (Å²) in [6.07, 6.45) is 0. The van der Waals surface area contributed by atoms with Crippen LogP contribution < -0.4 is 10.2 Å². The first-order chi connectivity index (χ1) is 6.84. The first-order valence-electron chi connectivity index (χ1n) is 5.02. The van der Waals surface area contributed by atoms with Gasteiger partial charge in [-0.2, -0.15) is 0 Å². The fraction of sp³-hybridized carbons (Fsp3) is 0.875. The summed E-state index contributed by atoms with van der Waals surface area (Å²) in [5, 5.41) is 15.0. The number of aryl methyl sites for hydroxylation is 1. The van der Waals surface area contributed by atoms with Gasteiger partial charge in [0.1, 0.15) is 0 Å². The number of tetrazole rings is 1. The second-order valence-electron chi connectivity index (χ2n) is 4.19. The third-order valence-corrected chi connectivity index (χ3v) is 3.27. The van der Waals surface area contributed by atoms with Crippen LogP contribution in [0.4, 0.5) is 5.95 Å². The van der Waals surface area contributed by atoms with Crippen LogP contribution in [0.3, 0.4) is 0 Å². The summed E-state index contributed by atoms with van der Waals surface area (Å²) in [4.78, 5) is 2.29. The van der Waals surface area contributed by atoms with E-state index < -0.39 is 0 Å². The number of nitrogens with zero attached hydrogens (tertiary/aromatic N) is 5. The van der Waals surface area contributed by atoms with Gasteiger partial charge >= 0.3 is 0 Å². The molecule has 0 aliphatic carbocycles. The standard InChI is InChI=1S/C8H14N6/c1-13-8(10-11-12-13)14-4-6-2-9-3-7(6)5-14/h6-7,9H,2-5H2,1H3/t6-,7+. The number of hydrogen-bond acceptors (Lipinski definition) is 5. The molecular weight excluding hydrogens is 180 g/mol. The number of anilines is 1. The van der Waals surface area contributed by atoms with Crippen LogP contribution in [0.15, 0.2) is 0 Å². The minimum atomic E-state index is 0.784. The first kappa shape index (κ1) is 8.16. The molecule has 1 aromatic rings. The maximum atomic E-state index is 4.03. The topological polar surface area (TPSA) is 58.9 Å². The number of rotatable bonds is 1. The van der Waals surface area contributed by atoms with Gasteiger partial charge in [-0.25, -0.2) is 4.68 Å². The van der Waals surface area contributed by atoms with Crippen LogP contribution in [-0.4, -0.2) is 46.4 Å². The Hall–Kier alpha value is -1.17. The van der Waals surface area contributed by atoms with E-state index in [1.165, 1.54) is 0 Å². The smallest absolute Gasteiger partial charge is 0.245 e. The van der Waals surface area contributed by atoms with Crippen LogP contribution in [0.5, 0.6) is 0 Å². The summed E-state index contributed by atoms with van der Waals surface area (Å²) < 4.78 is 1.74. The van der Waals surface area contributed by atoms with E-state index >= 15 is 0 Å². The minimum Gasteiger partial charge on any atom is -0.339 e. The third-order valence-electron chi connectivity index (χ3n) is 3.27. The predicted molar refractivity (Wildman–Crippen MR) is 50.9 cm³/mol. The molecule has 2 atom stereocenters. The van der Waals surface area contributed by atoms with E-state index in [9.17, 15) is 0 Å². The molecule has 2 aliphatic rings. The highest BCUT2D eigenvalue weighted by Gasteiger charge is 2.37. The van der Waals surface area contributed by atoms with Gasteiger partial charge in [-0.1, -0.05) is 5.10 Å². The summed E-state index contributed by atoms with van der Waals surface area (Å²) >= 11 is 0. The Kier molecular flexibility index (Phi) is 1.70. The van der Waals surface area contributed by atoms with Gasteiger partial charge in [0.2, 0.25) is 5.95 Å². The maximum absolute atomic E-state index is 4.03. The van der Waals surface area contributed by atoms with Crippen LogP contribution in [0.1, 0.15) is 0 Å². The molecule has 2 saturated heterocycles. The van der Waals surface area contributed by atoms with Crippen molar-refractivity contribution in [1.82, 2.24) is 25.5 Å². The van der Waals surface area contributed by atoms with Crippen molar-refractivity contribution in [1.29, 1.82) is 0 Å². The fourth-order valence-corrected chi connectivity index (χ4v) is 2.51. The Balaban J connectivity index is 1.80. The van der Waals surface area contributed by atoms with Crippen molar-refractivity contribution in [3.8, 4) is 0 Å². The van der Waals surface area contributed by atoms with Gasteiger partial charge in [0, 0.05) is 33.2 Å². The Morgan fingerprint density at radius 2 is 2.00 bits per heavy atom. The predicted octanol–water partition coefficient (Wildman–Crippen LogP) is -1.13. The number of nitrogens with one attached hydrogen (secondary N) is 1. The normalized spacial score (nSPS) is 31.1. The number of fused-ring (bicyclic) bond motifs is 1. The van der Waals surface area contributed by atoms with Gasteiger partial charge in [-0.05, 0) is 22.3 Å². The molecule has 1 N–H and O–H groups in total. The first-order valence-corrected chi connectivity index (χ1v) is 5.02. The van der Waals surface area contributed by atoms with Gasteiger partial charge in [-0.15, -0.1) is 0 Å². The van der Waals surface area contributed by atoms with E-state index in [0.29, 0.717) is 0 Å². The molecule has 76 valence electrons. The van der Waals surface area contributed by atoms with E-state index in [0.717, 1.165) is 44.0 Å².